The maximum Gasteiger partial charge on any atom is 0.241 e. The van der Waals surface area contributed by atoms with Gasteiger partial charge in [-0.25, -0.2) is 8.42 Å². The molecule has 0 saturated carbocycles. The van der Waals surface area contributed by atoms with Crippen molar-refractivity contribution in [2.24, 2.45) is 0 Å². The Bertz CT molecular complexity index is 634. The van der Waals surface area contributed by atoms with Crippen LogP contribution in [0.5, 0.6) is 0 Å². The van der Waals surface area contributed by atoms with Gasteiger partial charge in [-0.3, -0.25) is 9.10 Å². The van der Waals surface area contributed by atoms with E-state index in [0.717, 1.165) is 10.6 Å². The monoisotopic (exact) mass is 348 g/mol. The molecule has 0 aliphatic heterocycles. The van der Waals surface area contributed by atoms with Gasteiger partial charge in [-0.1, -0.05) is 11.6 Å². The van der Waals surface area contributed by atoms with Gasteiger partial charge in [-0.2, -0.15) is 0 Å². The number of halogens is 1. The lowest BCUT2D eigenvalue weighted by Gasteiger charge is -2.24. The molecule has 1 amide bonds. The van der Waals surface area contributed by atoms with Crippen LogP contribution in [0.3, 0.4) is 0 Å². The quantitative estimate of drug-likeness (QED) is 0.811. The van der Waals surface area contributed by atoms with Crippen LogP contribution in [-0.4, -0.2) is 46.9 Å². The Morgan fingerprint density at radius 3 is 2.59 bits per heavy atom. The molecule has 124 valence electrons. The van der Waals surface area contributed by atoms with Crippen molar-refractivity contribution in [3.05, 3.63) is 28.8 Å². The molecule has 0 unspecified atom stereocenters. The van der Waals surface area contributed by atoms with Gasteiger partial charge in [0, 0.05) is 18.2 Å². The van der Waals surface area contributed by atoms with Crippen LogP contribution in [0.4, 0.5) is 5.69 Å². The van der Waals surface area contributed by atoms with E-state index in [0.29, 0.717) is 22.9 Å². The van der Waals surface area contributed by atoms with E-state index in [2.05, 4.69) is 5.32 Å². The number of anilines is 1. The van der Waals surface area contributed by atoms with Gasteiger partial charge in [0.25, 0.3) is 0 Å². The highest BCUT2D eigenvalue weighted by molar-refractivity contribution is 7.92. The smallest absolute Gasteiger partial charge is 0.241 e. The fraction of sp³-hybridized carbons (Fsp3) is 0.500. The second kappa shape index (κ2) is 7.80. The number of aryl methyl sites for hydroxylation is 1. The number of nitrogens with one attached hydrogen (secondary N) is 1. The first-order valence-corrected chi connectivity index (χ1v) is 8.90. The molecule has 0 fully saturated rings. The fourth-order valence-corrected chi connectivity index (χ4v) is 3.16. The summed E-state index contributed by atoms with van der Waals surface area (Å²) >= 11 is 5.88. The highest BCUT2D eigenvalue weighted by Gasteiger charge is 2.23. The van der Waals surface area contributed by atoms with Crippen LogP contribution in [0.2, 0.25) is 5.02 Å². The number of carbonyl (C=O) groups excluding carboxylic acids is 1. The summed E-state index contributed by atoms with van der Waals surface area (Å²) in [4.78, 5) is 12.0. The van der Waals surface area contributed by atoms with Crippen molar-refractivity contribution in [3.63, 3.8) is 0 Å². The highest BCUT2D eigenvalue weighted by Crippen LogP contribution is 2.25. The number of sulfonamides is 1. The van der Waals surface area contributed by atoms with Gasteiger partial charge in [0.15, 0.2) is 0 Å². The number of ether oxygens (including phenoxy) is 1. The van der Waals surface area contributed by atoms with E-state index in [1.54, 1.807) is 32.0 Å². The Morgan fingerprint density at radius 2 is 2.09 bits per heavy atom. The van der Waals surface area contributed by atoms with Crippen LogP contribution in [-0.2, 0) is 19.6 Å². The molecular formula is C14H21ClN2O4S. The molecule has 0 bridgehead atoms. The second-order valence-corrected chi connectivity index (χ2v) is 7.47. The average molecular weight is 349 g/mol. The molecule has 6 nitrogen and oxygen atoms in total. The molecule has 0 aliphatic carbocycles. The Balaban J connectivity index is 2.98. The summed E-state index contributed by atoms with van der Waals surface area (Å²) in [6.07, 6.45) is 1.06. The number of nitrogens with zero attached hydrogens (tertiary/aromatic N) is 1. The molecule has 0 spiro atoms. The zero-order valence-electron chi connectivity index (χ0n) is 13.1. The third-order valence-corrected chi connectivity index (χ3v) is 4.30. The lowest BCUT2D eigenvalue weighted by molar-refractivity contribution is -0.120. The maximum atomic E-state index is 12.0. The molecule has 22 heavy (non-hydrogen) atoms. The largest absolute Gasteiger partial charge is 0.383 e. The molecule has 1 aromatic carbocycles. The zero-order valence-corrected chi connectivity index (χ0v) is 14.7. The minimum absolute atomic E-state index is 0.203. The van der Waals surface area contributed by atoms with Crippen molar-refractivity contribution in [1.82, 2.24) is 5.32 Å². The molecule has 1 atom stereocenters. The number of amides is 1. The minimum Gasteiger partial charge on any atom is -0.383 e. The molecule has 0 radical (unpaired) electrons. The lowest BCUT2D eigenvalue weighted by Crippen LogP contribution is -2.44. The summed E-state index contributed by atoms with van der Waals surface area (Å²) in [5, 5.41) is 3.20. The first-order chi connectivity index (χ1) is 10.1. The van der Waals surface area contributed by atoms with Crippen molar-refractivity contribution in [3.8, 4) is 0 Å². The lowest BCUT2D eigenvalue weighted by atomic mass is 10.2. The molecule has 0 aromatic heterocycles. The molecule has 1 N–H and O–H groups in total. The van der Waals surface area contributed by atoms with Crippen LogP contribution in [0.1, 0.15) is 12.5 Å². The summed E-state index contributed by atoms with van der Waals surface area (Å²) in [5.74, 6) is -0.399. The molecule has 8 heteroatoms. The van der Waals surface area contributed by atoms with Crippen LogP contribution >= 0.6 is 11.6 Å². The molecular weight excluding hydrogens is 328 g/mol. The first-order valence-electron chi connectivity index (χ1n) is 6.67. The Hall–Kier alpha value is -1.31. The Kier molecular flexibility index (Phi) is 6.65. The van der Waals surface area contributed by atoms with E-state index in [-0.39, 0.29) is 12.6 Å². The second-order valence-electron chi connectivity index (χ2n) is 5.12. The Labute approximate surface area is 136 Å². The molecule has 1 aromatic rings. The van der Waals surface area contributed by atoms with Crippen molar-refractivity contribution in [2.45, 2.75) is 19.9 Å². The summed E-state index contributed by atoms with van der Waals surface area (Å²) in [7, 11) is -2.07. The summed E-state index contributed by atoms with van der Waals surface area (Å²) < 4.78 is 30.0. The molecule has 0 aliphatic rings. The SMILES string of the molecule is COC[C@@H](C)NC(=O)CN(c1ccc(Cl)cc1C)S(C)(=O)=O. The molecule has 0 saturated heterocycles. The molecule has 1 rings (SSSR count). The number of benzene rings is 1. The highest BCUT2D eigenvalue weighted by atomic mass is 35.5. The third-order valence-electron chi connectivity index (χ3n) is 2.94. The summed E-state index contributed by atoms with van der Waals surface area (Å²) in [6, 6.07) is 4.63. The van der Waals surface area contributed by atoms with E-state index < -0.39 is 15.9 Å². The number of hydrogen-bond acceptors (Lipinski definition) is 4. The van der Waals surface area contributed by atoms with Gasteiger partial charge in [-0.05, 0) is 37.6 Å². The van der Waals surface area contributed by atoms with Crippen molar-refractivity contribution in [2.75, 3.05) is 30.8 Å². The van der Waals surface area contributed by atoms with Crippen LogP contribution in [0, 0.1) is 6.92 Å². The number of carbonyl (C=O) groups is 1. The van der Waals surface area contributed by atoms with Crippen molar-refractivity contribution < 1.29 is 17.9 Å². The third kappa shape index (κ3) is 5.47. The van der Waals surface area contributed by atoms with E-state index in [1.807, 2.05) is 0 Å². The summed E-state index contributed by atoms with van der Waals surface area (Å²) in [5.41, 5.74) is 1.11. The van der Waals surface area contributed by atoms with E-state index >= 15 is 0 Å². The van der Waals surface area contributed by atoms with Crippen molar-refractivity contribution in [1.29, 1.82) is 0 Å². The van der Waals surface area contributed by atoms with Crippen LogP contribution < -0.4 is 9.62 Å². The van der Waals surface area contributed by atoms with E-state index in [1.165, 1.54) is 7.11 Å². The fourth-order valence-electron chi connectivity index (χ4n) is 2.02. The molecule has 0 heterocycles. The van der Waals surface area contributed by atoms with Gasteiger partial charge in [0.2, 0.25) is 15.9 Å². The van der Waals surface area contributed by atoms with E-state index in [9.17, 15) is 13.2 Å². The van der Waals surface area contributed by atoms with Gasteiger partial charge in [0.05, 0.1) is 18.6 Å². The maximum absolute atomic E-state index is 12.0. The summed E-state index contributed by atoms with van der Waals surface area (Å²) in [6.45, 7) is 3.57. The minimum atomic E-state index is -3.60. The van der Waals surface area contributed by atoms with Gasteiger partial charge >= 0.3 is 0 Å². The van der Waals surface area contributed by atoms with Crippen molar-refractivity contribution >= 4 is 33.2 Å². The number of hydrogen-bond donors (Lipinski definition) is 1. The van der Waals surface area contributed by atoms with Gasteiger partial charge in [0.1, 0.15) is 6.54 Å². The van der Waals surface area contributed by atoms with Gasteiger partial charge < -0.3 is 10.1 Å². The Morgan fingerprint density at radius 1 is 1.45 bits per heavy atom. The predicted molar refractivity (Wildman–Crippen MR) is 87.9 cm³/mol. The van der Waals surface area contributed by atoms with Crippen LogP contribution in [0.25, 0.3) is 0 Å². The standard InChI is InChI=1S/C14H21ClN2O4S/c1-10-7-12(15)5-6-13(10)17(22(4,19)20)8-14(18)16-11(2)9-21-3/h5-7,11H,8-9H2,1-4H3,(H,16,18)/t11-/m1/s1. The van der Waals surface area contributed by atoms with E-state index in [4.69, 9.17) is 16.3 Å². The number of rotatable bonds is 7. The zero-order chi connectivity index (χ0) is 16.9. The normalized spacial score (nSPS) is 12.8. The first kappa shape index (κ1) is 18.7. The predicted octanol–water partition coefficient (Wildman–Crippen LogP) is 1.57. The number of methoxy groups -OCH3 is 1. The van der Waals surface area contributed by atoms with Gasteiger partial charge in [-0.15, -0.1) is 0 Å². The average Bonchev–Trinajstić information content (AvgIpc) is 2.35. The van der Waals surface area contributed by atoms with Crippen LogP contribution in [0.15, 0.2) is 18.2 Å². The topological polar surface area (TPSA) is 75.7 Å².